The first-order valence-electron chi connectivity index (χ1n) is 8.75. The average molecular weight is 435 g/mol. The molecule has 0 aliphatic carbocycles. The van der Waals surface area contributed by atoms with Crippen LogP contribution in [-0.4, -0.2) is 20.9 Å². The Balaban J connectivity index is 1.86. The number of halogens is 1. The zero-order valence-electron chi connectivity index (χ0n) is 15.5. The molecule has 9 heteroatoms. The molecule has 1 amide bonds. The summed E-state index contributed by atoms with van der Waals surface area (Å²) in [6.07, 6.45) is 1.46. The van der Waals surface area contributed by atoms with Gasteiger partial charge in [-0.2, -0.15) is 0 Å². The van der Waals surface area contributed by atoms with Crippen LogP contribution in [0.1, 0.15) is 23.0 Å². The number of ether oxygens (including phenoxy) is 1. The van der Waals surface area contributed by atoms with Crippen LogP contribution in [0.2, 0.25) is 5.02 Å². The van der Waals surface area contributed by atoms with Gasteiger partial charge in [-0.25, -0.2) is 13.1 Å². The van der Waals surface area contributed by atoms with E-state index in [9.17, 15) is 13.2 Å². The molecule has 29 heavy (non-hydrogen) atoms. The monoisotopic (exact) mass is 434 g/mol. The van der Waals surface area contributed by atoms with Gasteiger partial charge in [0, 0.05) is 10.6 Å². The van der Waals surface area contributed by atoms with Gasteiger partial charge in [0.1, 0.15) is 11.5 Å². The second-order valence-electron chi connectivity index (χ2n) is 5.96. The number of carbonyl (C=O) groups excluding carboxylic acids is 1. The van der Waals surface area contributed by atoms with E-state index in [1.54, 1.807) is 37.3 Å². The maximum atomic E-state index is 12.6. The Hall–Kier alpha value is -2.81. The minimum atomic E-state index is -3.84. The molecule has 0 saturated carbocycles. The molecular formula is C20H19ClN2O5S. The Labute approximate surface area is 173 Å². The van der Waals surface area contributed by atoms with Gasteiger partial charge in [-0.05, 0) is 55.5 Å². The van der Waals surface area contributed by atoms with Gasteiger partial charge in [0.05, 0.1) is 30.0 Å². The first-order valence-corrected chi connectivity index (χ1v) is 10.6. The molecule has 0 spiro atoms. The molecule has 152 valence electrons. The van der Waals surface area contributed by atoms with Crippen molar-refractivity contribution in [1.82, 2.24) is 4.72 Å². The molecule has 3 rings (SSSR count). The zero-order chi connectivity index (χ0) is 20.9. The predicted octanol–water partition coefficient (Wildman–Crippen LogP) is 4.06. The zero-order valence-corrected chi connectivity index (χ0v) is 17.1. The lowest BCUT2D eigenvalue weighted by molar-refractivity contribution is 0.102. The number of benzene rings is 2. The largest absolute Gasteiger partial charge is 0.492 e. The molecule has 0 atom stereocenters. The Morgan fingerprint density at radius 3 is 2.66 bits per heavy atom. The maximum Gasteiger partial charge on any atom is 0.255 e. The fraction of sp³-hybridized carbons (Fsp3) is 0.150. The Kier molecular flexibility index (Phi) is 6.58. The van der Waals surface area contributed by atoms with Crippen LogP contribution in [0.5, 0.6) is 5.75 Å². The van der Waals surface area contributed by atoms with E-state index in [-0.39, 0.29) is 17.1 Å². The van der Waals surface area contributed by atoms with Crippen LogP contribution in [0.25, 0.3) is 0 Å². The number of anilines is 1. The van der Waals surface area contributed by atoms with Crippen LogP contribution in [0.15, 0.2) is 70.2 Å². The lowest BCUT2D eigenvalue weighted by Crippen LogP contribution is -2.23. The Morgan fingerprint density at radius 2 is 1.97 bits per heavy atom. The number of nitrogens with one attached hydrogen (secondary N) is 2. The number of rotatable bonds is 8. The molecular weight excluding hydrogens is 416 g/mol. The van der Waals surface area contributed by atoms with Gasteiger partial charge in [0.2, 0.25) is 10.0 Å². The smallest absolute Gasteiger partial charge is 0.255 e. The highest BCUT2D eigenvalue weighted by Crippen LogP contribution is 2.28. The number of amides is 1. The number of hydrogen-bond acceptors (Lipinski definition) is 5. The summed E-state index contributed by atoms with van der Waals surface area (Å²) in [5.41, 5.74) is 0.571. The van der Waals surface area contributed by atoms with Gasteiger partial charge in [-0.1, -0.05) is 17.7 Å². The van der Waals surface area contributed by atoms with Crippen LogP contribution >= 0.6 is 11.6 Å². The predicted molar refractivity (Wildman–Crippen MR) is 110 cm³/mol. The second-order valence-corrected chi connectivity index (χ2v) is 8.16. The van der Waals surface area contributed by atoms with Gasteiger partial charge in [0.15, 0.2) is 0 Å². The maximum absolute atomic E-state index is 12.6. The molecule has 7 nitrogen and oxygen atoms in total. The van der Waals surface area contributed by atoms with Crippen LogP contribution in [0, 0.1) is 0 Å². The highest BCUT2D eigenvalue weighted by molar-refractivity contribution is 7.89. The number of hydrogen-bond donors (Lipinski definition) is 2. The van der Waals surface area contributed by atoms with Gasteiger partial charge >= 0.3 is 0 Å². The molecule has 0 saturated heterocycles. The van der Waals surface area contributed by atoms with Crippen LogP contribution < -0.4 is 14.8 Å². The third-order valence-electron chi connectivity index (χ3n) is 3.91. The first-order chi connectivity index (χ1) is 13.9. The van der Waals surface area contributed by atoms with Crippen molar-refractivity contribution >= 4 is 33.2 Å². The van der Waals surface area contributed by atoms with E-state index in [0.29, 0.717) is 28.7 Å². The third-order valence-corrected chi connectivity index (χ3v) is 5.55. The van der Waals surface area contributed by atoms with Crippen molar-refractivity contribution in [3.8, 4) is 5.75 Å². The van der Waals surface area contributed by atoms with E-state index < -0.39 is 15.9 Å². The molecule has 0 unspecified atom stereocenters. The summed E-state index contributed by atoms with van der Waals surface area (Å²) in [5.74, 6) is 0.397. The molecule has 0 fully saturated rings. The minimum absolute atomic E-state index is 0.00670. The Morgan fingerprint density at radius 1 is 1.14 bits per heavy atom. The highest BCUT2D eigenvalue weighted by Gasteiger charge is 2.18. The van der Waals surface area contributed by atoms with E-state index in [1.165, 1.54) is 30.5 Å². The van der Waals surface area contributed by atoms with Gasteiger partial charge < -0.3 is 14.5 Å². The van der Waals surface area contributed by atoms with E-state index in [1.807, 2.05) is 0 Å². The van der Waals surface area contributed by atoms with Crippen LogP contribution in [0.3, 0.4) is 0 Å². The lowest BCUT2D eigenvalue weighted by Gasteiger charge is -2.14. The molecule has 0 bridgehead atoms. The van der Waals surface area contributed by atoms with Gasteiger partial charge in [-0.3, -0.25) is 4.79 Å². The van der Waals surface area contributed by atoms with Crippen molar-refractivity contribution < 1.29 is 22.4 Å². The van der Waals surface area contributed by atoms with Crippen molar-refractivity contribution in [3.63, 3.8) is 0 Å². The summed E-state index contributed by atoms with van der Waals surface area (Å²) in [5, 5.41) is 3.11. The molecule has 1 heterocycles. The fourth-order valence-corrected chi connectivity index (χ4v) is 3.75. The van der Waals surface area contributed by atoms with Crippen LogP contribution in [-0.2, 0) is 16.6 Å². The van der Waals surface area contributed by atoms with Crippen LogP contribution in [0.4, 0.5) is 5.69 Å². The summed E-state index contributed by atoms with van der Waals surface area (Å²) in [7, 11) is -3.84. The normalized spacial score (nSPS) is 11.2. The van der Waals surface area contributed by atoms with Gasteiger partial charge in [0.25, 0.3) is 5.91 Å². The fourth-order valence-electron chi connectivity index (χ4n) is 2.54. The van der Waals surface area contributed by atoms with Crippen molar-refractivity contribution in [1.29, 1.82) is 0 Å². The Bertz CT molecular complexity index is 1100. The molecule has 0 aliphatic heterocycles. The van der Waals surface area contributed by atoms with Crippen molar-refractivity contribution in [2.45, 2.75) is 18.4 Å². The lowest BCUT2D eigenvalue weighted by atomic mass is 10.2. The molecule has 0 aliphatic rings. The number of carbonyl (C=O) groups is 1. The van der Waals surface area contributed by atoms with E-state index in [4.69, 9.17) is 20.8 Å². The second kappa shape index (κ2) is 9.13. The quantitative estimate of drug-likeness (QED) is 0.557. The highest BCUT2D eigenvalue weighted by atomic mass is 35.5. The molecule has 0 radical (unpaired) electrons. The minimum Gasteiger partial charge on any atom is -0.492 e. The van der Waals surface area contributed by atoms with E-state index in [2.05, 4.69) is 10.0 Å². The molecule has 2 aromatic carbocycles. The standard InChI is InChI=1S/C20H19ClN2O5S/c1-2-27-19-9-8-17(29(25,26)22-13-16-7-4-10-28-16)12-18(19)23-20(24)14-5-3-6-15(21)11-14/h3-12,22H,2,13H2,1H3,(H,23,24). The third kappa shape index (κ3) is 5.38. The summed E-state index contributed by atoms with van der Waals surface area (Å²) in [6.45, 7) is 2.15. The summed E-state index contributed by atoms with van der Waals surface area (Å²) >= 11 is 5.94. The van der Waals surface area contributed by atoms with Crippen molar-refractivity contribution in [2.75, 3.05) is 11.9 Å². The molecule has 2 N–H and O–H groups in total. The van der Waals surface area contributed by atoms with Gasteiger partial charge in [-0.15, -0.1) is 0 Å². The topological polar surface area (TPSA) is 97.6 Å². The van der Waals surface area contributed by atoms with Crippen molar-refractivity contribution in [2.24, 2.45) is 0 Å². The first kappa shape index (κ1) is 20.9. The van der Waals surface area contributed by atoms with Crippen molar-refractivity contribution in [3.05, 3.63) is 77.2 Å². The molecule has 1 aromatic heterocycles. The van der Waals surface area contributed by atoms with E-state index >= 15 is 0 Å². The molecule has 3 aromatic rings. The number of furan rings is 1. The number of sulfonamides is 1. The SMILES string of the molecule is CCOc1ccc(S(=O)(=O)NCc2ccco2)cc1NC(=O)c1cccc(Cl)c1. The summed E-state index contributed by atoms with van der Waals surface area (Å²) < 4.78 is 38.4. The summed E-state index contributed by atoms with van der Waals surface area (Å²) in [4.78, 5) is 12.5. The average Bonchev–Trinajstić information content (AvgIpc) is 3.21. The van der Waals surface area contributed by atoms with E-state index in [0.717, 1.165) is 0 Å². The summed E-state index contributed by atoms with van der Waals surface area (Å²) in [6, 6.07) is 14.0.